The number of carbonyl (C=O) groups excluding carboxylic acids is 1. The molecule has 6 heteroatoms. The number of nitrogens with zero attached hydrogens (tertiary/aromatic N) is 4. The van der Waals surface area contributed by atoms with Crippen LogP contribution in [0.5, 0.6) is 0 Å². The van der Waals surface area contributed by atoms with Gasteiger partial charge in [0, 0.05) is 31.9 Å². The van der Waals surface area contributed by atoms with Crippen molar-refractivity contribution < 1.29 is 4.79 Å². The first-order chi connectivity index (χ1) is 12.2. The van der Waals surface area contributed by atoms with Crippen LogP contribution in [-0.4, -0.2) is 58.6 Å². The van der Waals surface area contributed by atoms with Crippen LogP contribution in [0.25, 0.3) is 0 Å². The quantitative estimate of drug-likeness (QED) is 0.872. The zero-order valence-electron chi connectivity index (χ0n) is 14.6. The third-order valence-corrected chi connectivity index (χ3v) is 4.47. The Labute approximate surface area is 148 Å². The zero-order valence-corrected chi connectivity index (χ0v) is 14.6. The van der Waals surface area contributed by atoms with Gasteiger partial charge in [0.2, 0.25) is 5.91 Å². The molecule has 6 nitrogen and oxygen atoms in total. The molecule has 0 aliphatic carbocycles. The molecular formula is C19H25N5O. The highest BCUT2D eigenvalue weighted by Crippen LogP contribution is 2.15. The number of rotatable bonds is 6. The first-order valence-electron chi connectivity index (χ1n) is 8.75. The Morgan fingerprint density at radius 2 is 1.96 bits per heavy atom. The molecule has 0 bridgehead atoms. The minimum Gasteiger partial charge on any atom is -0.366 e. The van der Waals surface area contributed by atoms with Crippen molar-refractivity contribution in [2.75, 3.05) is 32.0 Å². The van der Waals surface area contributed by atoms with Crippen molar-refractivity contribution in [2.24, 2.45) is 0 Å². The van der Waals surface area contributed by atoms with Crippen LogP contribution in [0.3, 0.4) is 0 Å². The fourth-order valence-electron chi connectivity index (χ4n) is 3.14. The molecule has 1 N–H and O–H groups in total. The van der Waals surface area contributed by atoms with Gasteiger partial charge >= 0.3 is 0 Å². The molecule has 0 saturated carbocycles. The predicted molar refractivity (Wildman–Crippen MR) is 98.0 cm³/mol. The summed E-state index contributed by atoms with van der Waals surface area (Å²) < 4.78 is 0. The smallest absolute Gasteiger partial charge is 0.236 e. The second-order valence-corrected chi connectivity index (χ2v) is 6.57. The lowest BCUT2D eigenvalue weighted by molar-refractivity contribution is -0.133. The lowest BCUT2D eigenvalue weighted by Crippen LogP contribution is -2.45. The van der Waals surface area contributed by atoms with Crippen molar-refractivity contribution in [1.82, 2.24) is 20.0 Å². The van der Waals surface area contributed by atoms with Crippen LogP contribution >= 0.6 is 0 Å². The van der Waals surface area contributed by atoms with Crippen LogP contribution in [0.4, 0.5) is 5.82 Å². The van der Waals surface area contributed by atoms with Gasteiger partial charge in [0.25, 0.3) is 0 Å². The summed E-state index contributed by atoms with van der Waals surface area (Å²) in [5, 5.41) is 11.3. The molecule has 2 heterocycles. The summed E-state index contributed by atoms with van der Waals surface area (Å²) in [4.78, 5) is 16.5. The van der Waals surface area contributed by atoms with Crippen LogP contribution < -0.4 is 5.32 Å². The summed E-state index contributed by atoms with van der Waals surface area (Å²) in [6, 6.07) is 14.4. The Balaban J connectivity index is 1.42. The predicted octanol–water partition coefficient (Wildman–Crippen LogP) is 2.01. The number of likely N-dealkylation sites (tertiary alicyclic amines) is 1. The van der Waals surface area contributed by atoms with E-state index in [0.29, 0.717) is 12.6 Å². The van der Waals surface area contributed by atoms with Gasteiger partial charge in [-0.2, -0.15) is 5.10 Å². The molecule has 0 atom stereocenters. The molecule has 1 aromatic carbocycles. The molecule has 1 aliphatic heterocycles. The van der Waals surface area contributed by atoms with Gasteiger partial charge in [0.1, 0.15) is 5.82 Å². The van der Waals surface area contributed by atoms with Gasteiger partial charge < -0.3 is 10.2 Å². The van der Waals surface area contributed by atoms with Crippen molar-refractivity contribution in [2.45, 2.75) is 25.4 Å². The lowest BCUT2D eigenvalue weighted by atomic mass is 10.0. The molecular weight excluding hydrogens is 314 g/mol. The van der Waals surface area contributed by atoms with Gasteiger partial charge in [-0.1, -0.05) is 30.3 Å². The third-order valence-electron chi connectivity index (χ3n) is 4.47. The highest BCUT2D eigenvalue weighted by atomic mass is 16.2. The molecule has 3 rings (SSSR count). The fourth-order valence-corrected chi connectivity index (χ4v) is 3.14. The SMILES string of the molecule is CN(CC(=O)N1CCC(Nc2cccnn2)CC1)Cc1ccccc1. The lowest BCUT2D eigenvalue weighted by Gasteiger charge is -2.33. The average molecular weight is 339 g/mol. The summed E-state index contributed by atoms with van der Waals surface area (Å²) >= 11 is 0. The molecule has 0 unspecified atom stereocenters. The van der Waals surface area contributed by atoms with Crippen molar-refractivity contribution in [3.63, 3.8) is 0 Å². The monoisotopic (exact) mass is 339 g/mol. The van der Waals surface area contributed by atoms with E-state index in [9.17, 15) is 4.79 Å². The molecule has 1 amide bonds. The number of amides is 1. The van der Waals surface area contributed by atoms with Crippen molar-refractivity contribution in [3.8, 4) is 0 Å². The highest BCUT2D eigenvalue weighted by molar-refractivity contribution is 5.78. The molecule has 1 fully saturated rings. The Morgan fingerprint density at radius 1 is 1.20 bits per heavy atom. The molecule has 132 valence electrons. The number of benzene rings is 1. The maximum absolute atomic E-state index is 12.5. The Bertz CT molecular complexity index is 656. The number of piperidine rings is 1. The van der Waals surface area contributed by atoms with E-state index >= 15 is 0 Å². The average Bonchev–Trinajstić information content (AvgIpc) is 2.64. The Hall–Kier alpha value is -2.47. The van der Waals surface area contributed by atoms with E-state index in [1.165, 1.54) is 5.56 Å². The number of nitrogens with one attached hydrogen (secondary N) is 1. The largest absolute Gasteiger partial charge is 0.366 e. The number of anilines is 1. The number of hydrogen-bond donors (Lipinski definition) is 1. The van der Waals surface area contributed by atoms with E-state index in [0.717, 1.165) is 38.3 Å². The number of carbonyl (C=O) groups is 1. The minimum atomic E-state index is 0.205. The summed E-state index contributed by atoms with van der Waals surface area (Å²) in [6.45, 7) is 2.82. The van der Waals surface area contributed by atoms with E-state index in [2.05, 4.69) is 32.5 Å². The van der Waals surface area contributed by atoms with Gasteiger partial charge in [-0.25, -0.2) is 0 Å². The molecule has 0 spiro atoms. The third kappa shape index (κ3) is 5.26. The van der Waals surface area contributed by atoms with Crippen molar-refractivity contribution in [1.29, 1.82) is 0 Å². The topological polar surface area (TPSA) is 61.4 Å². The van der Waals surface area contributed by atoms with Gasteiger partial charge in [0.05, 0.1) is 6.54 Å². The first kappa shape index (κ1) is 17.4. The second-order valence-electron chi connectivity index (χ2n) is 6.57. The molecule has 2 aromatic rings. The second kappa shape index (κ2) is 8.58. The molecule has 0 radical (unpaired) electrons. The summed E-state index contributed by atoms with van der Waals surface area (Å²) in [6.07, 6.45) is 3.54. The number of hydrogen-bond acceptors (Lipinski definition) is 5. The van der Waals surface area contributed by atoms with Crippen molar-refractivity contribution in [3.05, 3.63) is 54.2 Å². The summed E-state index contributed by atoms with van der Waals surface area (Å²) in [5.41, 5.74) is 1.23. The number of likely N-dealkylation sites (N-methyl/N-ethyl adjacent to an activating group) is 1. The Kier molecular flexibility index (Phi) is 5.95. The van der Waals surface area contributed by atoms with Gasteiger partial charge in [0.15, 0.2) is 0 Å². The number of aromatic nitrogens is 2. The summed E-state index contributed by atoms with van der Waals surface area (Å²) in [7, 11) is 1.99. The molecule has 1 aliphatic rings. The van der Waals surface area contributed by atoms with Gasteiger partial charge in [-0.15, -0.1) is 5.10 Å². The standard InChI is InChI=1S/C19H25N5O/c1-23(14-16-6-3-2-4-7-16)15-19(25)24-12-9-17(10-13-24)21-18-8-5-11-20-22-18/h2-8,11,17H,9-10,12-15H2,1H3,(H,21,22). The molecule has 1 saturated heterocycles. The van der Waals surface area contributed by atoms with Crippen LogP contribution in [0, 0.1) is 0 Å². The van der Waals surface area contributed by atoms with E-state index in [1.807, 2.05) is 42.3 Å². The first-order valence-corrected chi connectivity index (χ1v) is 8.75. The maximum atomic E-state index is 12.5. The van der Waals surface area contributed by atoms with Gasteiger partial charge in [-0.05, 0) is 37.6 Å². The van der Waals surface area contributed by atoms with Gasteiger partial charge in [-0.3, -0.25) is 9.69 Å². The van der Waals surface area contributed by atoms with Crippen LogP contribution in [0.15, 0.2) is 48.7 Å². The Morgan fingerprint density at radius 3 is 2.64 bits per heavy atom. The minimum absolute atomic E-state index is 0.205. The normalized spacial score (nSPS) is 15.4. The zero-order chi connectivity index (χ0) is 17.5. The van der Waals surface area contributed by atoms with E-state index in [4.69, 9.17) is 0 Å². The van der Waals surface area contributed by atoms with Crippen molar-refractivity contribution >= 4 is 11.7 Å². The maximum Gasteiger partial charge on any atom is 0.236 e. The molecule has 25 heavy (non-hydrogen) atoms. The molecule has 1 aromatic heterocycles. The van der Waals surface area contributed by atoms with Crippen LogP contribution in [0.2, 0.25) is 0 Å². The van der Waals surface area contributed by atoms with E-state index < -0.39 is 0 Å². The fraction of sp³-hybridized carbons (Fsp3) is 0.421. The van der Waals surface area contributed by atoms with Crippen LogP contribution in [-0.2, 0) is 11.3 Å². The summed E-state index contributed by atoms with van der Waals surface area (Å²) in [5.74, 6) is 1.01. The highest BCUT2D eigenvalue weighted by Gasteiger charge is 2.23. The van der Waals surface area contributed by atoms with E-state index in [1.54, 1.807) is 6.20 Å². The van der Waals surface area contributed by atoms with E-state index in [-0.39, 0.29) is 5.91 Å². The van der Waals surface area contributed by atoms with Crippen LogP contribution in [0.1, 0.15) is 18.4 Å².